The summed E-state index contributed by atoms with van der Waals surface area (Å²) < 4.78 is 29.7. The Kier molecular flexibility index (Phi) is 33.2. The third kappa shape index (κ3) is 32.5. The van der Waals surface area contributed by atoms with Crippen molar-refractivity contribution in [1.29, 1.82) is 0 Å². The molecule has 9 nitrogen and oxygen atoms in total. The summed E-state index contributed by atoms with van der Waals surface area (Å²) in [6.07, 6.45) is -0.460. The van der Waals surface area contributed by atoms with Crippen LogP contribution in [0.1, 0.15) is 43.1 Å². The van der Waals surface area contributed by atoms with Crippen molar-refractivity contribution in [2.45, 2.75) is 49.2 Å². The SMILES string of the molecule is C.C.C.C=C(C)C(=O)O.CC(C)OS(=O)(=O)OCON.O. The summed E-state index contributed by atoms with van der Waals surface area (Å²) in [5, 5.41) is 7.89. The van der Waals surface area contributed by atoms with E-state index in [9.17, 15) is 13.2 Å². The average Bonchev–Trinajstić information content (AvgIpc) is 2.13. The number of carboxylic acid groups (broad SMARTS) is 1. The third-order valence-electron chi connectivity index (χ3n) is 0.936. The van der Waals surface area contributed by atoms with Crippen molar-refractivity contribution in [3.63, 3.8) is 0 Å². The molecule has 21 heavy (non-hydrogen) atoms. The second-order valence-electron chi connectivity index (χ2n) is 3.04. The van der Waals surface area contributed by atoms with Crippen LogP contribution in [0.3, 0.4) is 0 Å². The largest absolute Gasteiger partial charge is 0.478 e. The number of hydrogen-bond donors (Lipinski definition) is 2. The van der Waals surface area contributed by atoms with Gasteiger partial charge in [-0.1, -0.05) is 28.9 Å². The fourth-order valence-electron chi connectivity index (χ4n) is 0.350. The molecule has 0 fully saturated rings. The maximum Gasteiger partial charge on any atom is 0.402 e. The summed E-state index contributed by atoms with van der Waals surface area (Å²) in [4.78, 5) is 13.5. The van der Waals surface area contributed by atoms with Gasteiger partial charge in [0, 0.05) is 5.57 Å². The van der Waals surface area contributed by atoms with Gasteiger partial charge in [-0.05, 0) is 20.8 Å². The molecule has 0 saturated carbocycles. The first-order valence-electron chi connectivity index (χ1n) is 4.40. The molecular formula is C11H31NO8S. The van der Waals surface area contributed by atoms with Crippen LogP contribution >= 0.6 is 0 Å². The van der Waals surface area contributed by atoms with Crippen molar-refractivity contribution >= 4 is 16.4 Å². The van der Waals surface area contributed by atoms with Crippen molar-refractivity contribution in [2.75, 3.05) is 6.79 Å². The van der Waals surface area contributed by atoms with Crippen LogP contribution in [0.25, 0.3) is 0 Å². The van der Waals surface area contributed by atoms with Gasteiger partial charge in [-0.15, -0.1) is 0 Å². The number of aliphatic carboxylic acids is 1. The highest BCUT2D eigenvalue weighted by molar-refractivity contribution is 7.81. The molecule has 0 aromatic carbocycles. The van der Waals surface area contributed by atoms with Crippen LogP contribution in [0.2, 0.25) is 0 Å². The van der Waals surface area contributed by atoms with Gasteiger partial charge in [0.1, 0.15) is 0 Å². The Bertz CT molecular complexity index is 328. The van der Waals surface area contributed by atoms with Crippen molar-refractivity contribution in [3.05, 3.63) is 12.2 Å². The fraction of sp³-hybridized carbons (Fsp3) is 0.727. The lowest BCUT2D eigenvalue weighted by Crippen LogP contribution is -2.17. The maximum absolute atomic E-state index is 10.6. The second-order valence-corrected chi connectivity index (χ2v) is 4.29. The fourth-order valence-corrected chi connectivity index (χ4v) is 1.05. The molecule has 5 N–H and O–H groups in total. The lowest BCUT2D eigenvalue weighted by atomic mass is 10.4. The number of rotatable bonds is 6. The molecule has 0 amide bonds. The van der Waals surface area contributed by atoms with E-state index in [0.29, 0.717) is 0 Å². The van der Waals surface area contributed by atoms with Gasteiger partial charge in [0.05, 0.1) is 6.10 Å². The predicted octanol–water partition coefficient (Wildman–Crippen LogP) is 1.25. The van der Waals surface area contributed by atoms with E-state index in [1.165, 1.54) is 6.92 Å². The first-order chi connectivity index (χ1) is 7.62. The minimum absolute atomic E-state index is 0. The molecule has 0 saturated heterocycles. The zero-order valence-corrected chi connectivity index (χ0v) is 11.2. The first-order valence-corrected chi connectivity index (χ1v) is 5.73. The minimum Gasteiger partial charge on any atom is -0.478 e. The summed E-state index contributed by atoms with van der Waals surface area (Å²) in [7, 11) is -3.95. The van der Waals surface area contributed by atoms with Gasteiger partial charge in [-0.2, -0.15) is 8.42 Å². The van der Waals surface area contributed by atoms with Gasteiger partial charge in [0.15, 0.2) is 6.79 Å². The van der Waals surface area contributed by atoms with E-state index in [4.69, 9.17) is 5.11 Å². The first kappa shape index (κ1) is 36.8. The van der Waals surface area contributed by atoms with Gasteiger partial charge < -0.3 is 10.6 Å². The van der Waals surface area contributed by atoms with Gasteiger partial charge in [0.25, 0.3) is 0 Å². The van der Waals surface area contributed by atoms with E-state index in [0.717, 1.165) is 0 Å². The van der Waals surface area contributed by atoms with Gasteiger partial charge in [0.2, 0.25) is 0 Å². The normalized spacial score (nSPS) is 8.62. The number of hydrogen-bond acceptors (Lipinski definition) is 7. The van der Waals surface area contributed by atoms with Gasteiger partial charge >= 0.3 is 16.4 Å². The summed E-state index contributed by atoms with van der Waals surface area (Å²) in [6, 6.07) is 0. The molecule has 0 aliphatic heterocycles. The quantitative estimate of drug-likeness (QED) is 0.416. The Morgan fingerprint density at radius 3 is 1.81 bits per heavy atom. The smallest absolute Gasteiger partial charge is 0.402 e. The van der Waals surface area contributed by atoms with E-state index in [1.54, 1.807) is 13.8 Å². The predicted molar refractivity (Wildman–Crippen MR) is 82.6 cm³/mol. The Morgan fingerprint density at radius 2 is 1.62 bits per heavy atom. The van der Waals surface area contributed by atoms with Crippen molar-refractivity contribution in [2.24, 2.45) is 5.90 Å². The van der Waals surface area contributed by atoms with Crippen LogP contribution in [-0.4, -0.2) is 37.9 Å². The second kappa shape index (κ2) is 19.0. The van der Waals surface area contributed by atoms with Gasteiger partial charge in [-0.3, -0.25) is 4.84 Å². The van der Waals surface area contributed by atoms with E-state index in [2.05, 4.69) is 25.7 Å². The van der Waals surface area contributed by atoms with Crippen LogP contribution in [-0.2, 0) is 28.4 Å². The Balaban J connectivity index is -0.0000000500. The zero-order valence-electron chi connectivity index (χ0n) is 10.4. The highest BCUT2D eigenvalue weighted by atomic mass is 32.3. The lowest BCUT2D eigenvalue weighted by molar-refractivity contribution is -0.132. The summed E-state index contributed by atoms with van der Waals surface area (Å²) in [5.74, 6) is 3.59. The Labute approximate surface area is 128 Å². The highest BCUT2D eigenvalue weighted by Gasteiger charge is 2.13. The molecule has 0 radical (unpaired) electrons. The lowest BCUT2D eigenvalue weighted by Gasteiger charge is -2.06. The molecule has 0 aromatic heterocycles. The van der Waals surface area contributed by atoms with E-state index >= 15 is 0 Å². The van der Waals surface area contributed by atoms with Crippen LogP contribution < -0.4 is 5.90 Å². The molecule has 0 rings (SSSR count). The van der Waals surface area contributed by atoms with Crippen molar-refractivity contribution in [3.8, 4) is 0 Å². The van der Waals surface area contributed by atoms with E-state index in [-0.39, 0.29) is 33.3 Å². The van der Waals surface area contributed by atoms with Crippen LogP contribution in [0.4, 0.5) is 0 Å². The van der Waals surface area contributed by atoms with Gasteiger partial charge in [-0.25, -0.2) is 19.1 Å². The molecular weight excluding hydrogens is 306 g/mol. The molecule has 10 heteroatoms. The molecule has 0 atom stereocenters. The number of nitrogens with two attached hydrogens (primary N) is 1. The molecule has 0 heterocycles. The molecule has 0 aromatic rings. The van der Waals surface area contributed by atoms with Crippen LogP contribution in [0, 0.1) is 0 Å². The van der Waals surface area contributed by atoms with E-state index < -0.39 is 29.3 Å². The molecule has 134 valence electrons. The standard InChI is InChI=1S/C4H11NO5S.C4H6O2.3CH4.H2O/c1-4(2)10-11(6,7)9-3-8-5;1-3(2)4(5)6;;;;/h4H,3,5H2,1-2H3;1H2,2H3,(H,5,6);3*1H4;1H2. The average molecular weight is 337 g/mol. The minimum atomic E-state index is -3.95. The number of carbonyl (C=O) groups is 1. The topological polar surface area (TPSA) is 157 Å². The van der Waals surface area contributed by atoms with Crippen molar-refractivity contribution < 1.29 is 37.0 Å². The Hall–Kier alpha value is -1.04. The number of carboxylic acids is 1. The summed E-state index contributed by atoms with van der Waals surface area (Å²) in [5.41, 5.74) is 0.176. The molecule has 0 aliphatic rings. The Morgan fingerprint density at radius 1 is 1.29 bits per heavy atom. The molecule has 0 aliphatic carbocycles. The van der Waals surface area contributed by atoms with Crippen LogP contribution in [0.15, 0.2) is 12.2 Å². The summed E-state index contributed by atoms with van der Waals surface area (Å²) >= 11 is 0. The maximum atomic E-state index is 10.6. The highest BCUT2D eigenvalue weighted by Crippen LogP contribution is 1.99. The van der Waals surface area contributed by atoms with E-state index in [1.807, 2.05) is 0 Å². The van der Waals surface area contributed by atoms with Crippen LogP contribution in [0.5, 0.6) is 0 Å². The third-order valence-corrected chi connectivity index (χ3v) is 1.94. The summed E-state index contributed by atoms with van der Waals surface area (Å²) in [6.45, 7) is 7.17. The van der Waals surface area contributed by atoms with Crippen molar-refractivity contribution in [1.82, 2.24) is 0 Å². The monoisotopic (exact) mass is 337 g/mol. The molecule has 0 unspecified atom stereocenters. The zero-order chi connectivity index (χ0) is 14.1. The molecule has 0 bridgehead atoms. The molecule has 0 spiro atoms.